The molecule has 0 aliphatic rings. The third-order valence-electron chi connectivity index (χ3n) is 3.67. The van der Waals surface area contributed by atoms with E-state index in [9.17, 15) is 0 Å². The lowest BCUT2D eigenvalue weighted by Gasteiger charge is -2.18. The van der Waals surface area contributed by atoms with E-state index in [1.807, 2.05) is 11.3 Å². The van der Waals surface area contributed by atoms with Crippen molar-refractivity contribution in [1.82, 2.24) is 5.32 Å². The van der Waals surface area contributed by atoms with Crippen molar-refractivity contribution >= 4 is 27.3 Å². The Morgan fingerprint density at radius 1 is 1.29 bits per heavy atom. The molecule has 1 atom stereocenters. The third-order valence-corrected chi connectivity index (χ3v) is 5.62. The largest absolute Gasteiger partial charge is 0.314 e. The van der Waals surface area contributed by atoms with Gasteiger partial charge in [-0.1, -0.05) is 36.8 Å². The second-order valence-corrected chi connectivity index (χ2v) is 7.43. The lowest BCUT2D eigenvalue weighted by Crippen LogP contribution is -2.32. The van der Waals surface area contributed by atoms with E-state index in [1.54, 1.807) is 0 Å². The average Bonchev–Trinajstić information content (AvgIpc) is 2.87. The zero-order valence-corrected chi connectivity index (χ0v) is 15.3. The van der Waals surface area contributed by atoms with Gasteiger partial charge < -0.3 is 5.32 Å². The summed E-state index contributed by atoms with van der Waals surface area (Å²) < 4.78 is 1.26. The molecule has 1 nitrogen and oxygen atoms in total. The maximum atomic E-state index is 3.71. The van der Waals surface area contributed by atoms with Gasteiger partial charge in [-0.25, -0.2) is 0 Å². The van der Waals surface area contributed by atoms with Crippen molar-refractivity contribution in [2.45, 2.75) is 45.6 Å². The molecule has 0 radical (unpaired) electrons. The Kier molecular flexibility index (Phi) is 6.94. The van der Waals surface area contributed by atoms with Gasteiger partial charge in [0.1, 0.15) is 0 Å². The van der Waals surface area contributed by atoms with Gasteiger partial charge in [-0.05, 0) is 72.1 Å². The molecule has 0 amide bonds. The number of hydrogen-bond acceptors (Lipinski definition) is 2. The van der Waals surface area contributed by atoms with Crippen LogP contribution >= 0.6 is 27.3 Å². The lowest BCUT2D eigenvalue weighted by molar-refractivity contribution is 0.479. The van der Waals surface area contributed by atoms with Crippen molar-refractivity contribution in [2.24, 2.45) is 0 Å². The van der Waals surface area contributed by atoms with Crippen LogP contribution in [0.1, 0.15) is 35.8 Å². The molecule has 1 aromatic heterocycles. The minimum absolute atomic E-state index is 0.556. The van der Waals surface area contributed by atoms with E-state index in [4.69, 9.17) is 0 Å². The van der Waals surface area contributed by atoms with Crippen LogP contribution in [0, 0.1) is 6.92 Å². The Labute approximate surface area is 140 Å². The second-order valence-electron chi connectivity index (χ2n) is 5.57. The van der Waals surface area contributed by atoms with Crippen LogP contribution in [0.4, 0.5) is 0 Å². The molecule has 0 aliphatic carbocycles. The zero-order valence-electron chi connectivity index (χ0n) is 12.9. The van der Waals surface area contributed by atoms with Gasteiger partial charge in [0.2, 0.25) is 0 Å². The van der Waals surface area contributed by atoms with Crippen LogP contribution < -0.4 is 5.32 Å². The van der Waals surface area contributed by atoms with Gasteiger partial charge >= 0.3 is 0 Å². The highest BCUT2D eigenvalue weighted by atomic mass is 79.9. The number of benzene rings is 1. The van der Waals surface area contributed by atoms with Crippen LogP contribution in [0.5, 0.6) is 0 Å². The van der Waals surface area contributed by atoms with Crippen LogP contribution in [-0.2, 0) is 12.8 Å². The van der Waals surface area contributed by atoms with Crippen molar-refractivity contribution in [3.63, 3.8) is 0 Å². The molecular weight excluding hydrogens is 342 g/mol. The Bertz CT molecular complexity index is 550. The highest BCUT2D eigenvalue weighted by molar-refractivity contribution is 9.10. The number of thiophene rings is 1. The van der Waals surface area contributed by atoms with Crippen molar-refractivity contribution in [3.05, 3.63) is 56.2 Å². The first-order valence-corrected chi connectivity index (χ1v) is 9.37. The Morgan fingerprint density at radius 3 is 2.81 bits per heavy atom. The van der Waals surface area contributed by atoms with E-state index >= 15 is 0 Å². The molecule has 114 valence electrons. The van der Waals surface area contributed by atoms with Crippen LogP contribution in [0.3, 0.4) is 0 Å². The third kappa shape index (κ3) is 5.57. The molecule has 0 saturated heterocycles. The summed E-state index contributed by atoms with van der Waals surface area (Å²) in [7, 11) is 0. The summed E-state index contributed by atoms with van der Waals surface area (Å²) in [6, 6.07) is 11.6. The molecule has 0 bridgehead atoms. The Balaban J connectivity index is 1.94. The molecule has 1 aromatic carbocycles. The highest BCUT2D eigenvalue weighted by Gasteiger charge is 2.12. The molecule has 2 rings (SSSR count). The molecule has 2 aromatic rings. The summed E-state index contributed by atoms with van der Waals surface area (Å²) in [5.74, 6) is 0. The van der Waals surface area contributed by atoms with Crippen LogP contribution in [0.15, 0.2) is 40.2 Å². The number of hydrogen-bond donors (Lipinski definition) is 1. The number of nitrogens with one attached hydrogen (secondary N) is 1. The molecule has 1 heterocycles. The highest BCUT2D eigenvalue weighted by Crippen LogP contribution is 2.25. The monoisotopic (exact) mass is 365 g/mol. The van der Waals surface area contributed by atoms with E-state index < -0.39 is 0 Å². The first-order chi connectivity index (χ1) is 10.2. The normalized spacial score (nSPS) is 12.5. The van der Waals surface area contributed by atoms with Crippen LogP contribution in [-0.4, -0.2) is 12.6 Å². The van der Waals surface area contributed by atoms with Crippen molar-refractivity contribution < 1.29 is 0 Å². The van der Waals surface area contributed by atoms with E-state index in [2.05, 4.69) is 70.8 Å². The molecule has 1 N–H and O–H groups in total. The van der Waals surface area contributed by atoms with E-state index in [1.165, 1.54) is 33.3 Å². The minimum atomic E-state index is 0.556. The molecule has 0 saturated carbocycles. The van der Waals surface area contributed by atoms with Crippen molar-refractivity contribution in [3.8, 4) is 0 Å². The van der Waals surface area contributed by atoms with E-state index in [0.717, 1.165) is 19.4 Å². The molecule has 1 unspecified atom stereocenters. The second kappa shape index (κ2) is 8.72. The van der Waals surface area contributed by atoms with Crippen LogP contribution in [0.2, 0.25) is 0 Å². The summed E-state index contributed by atoms with van der Waals surface area (Å²) in [5, 5.41) is 5.87. The molecular formula is C18H24BrNS. The average molecular weight is 366 g/mol. The van der Waals surface area contributed by atoms with E-state index in [-0.39, 0.29) is 0 Å². The summed E-state index contributed by atoms with van der Waals surface area (Å²) in [4.78, 5) is 1.45. The fourth-order valence-corrected chi connectivity index (χ4v) is 4.12. The van der Waals surface area contributed by atoms with Gasteiger partial charge in [-0.2, -0.15) is 0 Å². The maximum absolute atomic E-state index is 3.71. The predicted octanol–water partition coefficient (Wildman–Crippen LogP) is 5.36. The maximum Gasteiger partial charge on any atom is 0.0314 e. The SMILES string of the molecule is CCCNC(CCc1cccc(C)c1)Cc1sccc1Br. The van der Waals surface area contributed by atoms with Gasteiger partial charge in [-0.3, -0.25) is 0 Å². The van der Waals surface area contributed by atoms with Gasteiger partial charge in [0.25, 0.3) is 0 Å². The summed E-state index contributed by atoms with van der Waals surface area (Å²) in [6.07, 6.45) is 4.64. The number of aryl methyl sites for hydroxylation is 2. The topological polar surface area (TPSA) is 12.0 Å². The smallest absolute Gasteiger partial charge is 0.0314 e. The summed E-state index contributed by atoms with van der Waals surface area (Å²) in [6.45, 7) is 5.49. The first-order valence-electron chi connectivity index (χ1n) is 7.70. The fourth-order valence-electron chi connectivity index (χ4n) is 2.53. The Hall–Kier alpha value is -0.640. The molecule has 3 heteroatoms. The van der Waals surface area contributed by atoms with Crippen molar-refractivity contribution in [1.29, 1.82) is 0 Å². The number of halogens is 1. The molecule has 0 fully saturated rings. The number of rotatable bonds is 8. The summed E-state index contributed by atoms with van der Waals surface area (Å²) in [5.41, 5.74) is 2.80. The van der Waals surface area contributed by atoms with Crippen molar-refractivity contribution in [2.75, 3.05) is 6.54 Å². The first kappa shape index (κ1) is 16.7. The Morgan fingerprint density at radius 2 is 2.14 bits per heavy atom. The van der Waals surface area contributed by atoms with E-state index in [0.29, 0.717) is 6.04 Å². The van der Waals surface area contributed by atoms with Gasteiger partial charge in [0, 0.05) is 15.4 Å². The minimum Gasteiger partial charge on any atom is -0.314 e. The van der Waals surface area contributed by atoms with Gasteiger partial charge in [0.15, 0.2) is 0 Å². The van der Waals surface area contributed by atoms with Gasteiger partial charge in [-0.15, -0.1) is 11.3 Å². The fraction of sp³-hybridized carbons (Fsp3) is 0.444. The molecule has 0 aliphatic heterocycles. The predicted molar refractivity (Wildman–Crippen MR) is 97.3 cm³/mol. The standard InChI is InChI=1S/C18H24BrNS/c1-3-10-20-16(13-18-17(19)9-11-21-18)8-7-15-6-4-5-14(2)12-15/h4-6,9,11-12,16,20H,3,7-8,10,13H2,1-2H3. The summed E-state index contributed by atoms with van der Waals surface area (Å²) >= 11 is 5.50. The zero-order chi connectivity index (χ0) is 15.1. The quantitative estimate of drug-likeness (QED) is 0.663. The lowest BCUT2D eigenvalue weighted by atomic mass is 10.0. The van der Waals surface area contributed by atoms with Gasteiger partial charge in [0.05, 0.1) is 0 Å². The molecule has 0 spiro atoms. The molecule has 21 heavy (non-hydrogen) atoms. The van der Waals surface area contributed by atoms with Crippen LogP contribution in [0.25, 0.3) is 0 Å².